The summed E-state index contributed by atoms with van der Waals surface area (Å²) in [6.07, 6.45) is 5.48. The second-order valence-electron chi connectivity index (χ2n) is 13.6. The maximum atomic E-state index is 14.2. The van der Waals surface area contributed by atoms with Crippen LogP contribution in [0.3, 0.4) is 0 Å². The van der Waals surface area contributed by atoms with E-state index in [1.54, 1.807) is 18.1 Å². The van der Waals surface area contributed by atoms with Gasteiger partial charge in [-0.3, -0.25) is 19.4 Å². The SMILES string of the molecule is COCC1=C2[C@@H](CC/C(=C/c3cc(Br)ccc3O)c3ccccc3)OC[C@@H]2[C@@H]2C(=O)N(C3CCN(Cc4ccccc4)CC3)C(=O)[C@@H]2C1. The molecule has 0 saturated carbocycles. The molecule has 250 valence electrons. The number of hydrogen-bond acceptors (Lipinski definition) is 6. The Labute approximate surface area is 291 Å². The van der Waals surface area contributed by atoms with E-state index in [0.717, 1.165) is 71.2 Å². The molecule has 3 aliphatic heterocycles. The lowest BCUT2D eigenvalue weighted by Crippen LogP contribution is -2.47. The summed E-state index contributed by atoms with van der Waals surface area (Å²) >= 11 is 3.53. The van der Waals surface area contributed by atoms with Crippen molar-refractivity contribution in [2.75, 3.05) is 33.4 Å². The van der Waals surface area contributed by atoms with Gasteiger partial charge in [0, 0.05) is 48.7 Å². The maximum Gasteiger partial charge on any atom is 0.234 e. The molecule has 48 heavy (non-hydrogen) atoms. The van der Waals surface area contributed by atoms with E-state index in [1.165, 1.54) is 5.56 Å². The first-order valence-corrected chi connectivity index (χ1v) is 17.9. The van der Waals surface area contributed by atoms with E-state index in [0.29, 0.717) is 26.1 Å². The van der Waals surface area contributed by atoms with Gasteiger partial charge in [0.2, 0.25) is 11.8 Å². The quantitative estimate of drug-likeness (QED) is 0.137. The molecule has 7 nitrogen and oxygen atoms in total. The van der Waals surface area contributed by atoms with Gasteiger partial charge in [-0.2, -0.15) is 0 Å². The Morgan fingerprint density at radius 3 is 2.44 bits per heavy atom. The van der Waals surface area contributed by atoms with Crippen LogP contribution >= 0.6 is 15.9 Å². The van der Waals surface area contributed by atoms with Crippen molar-refractivity contribution in [3.8, 4) is 5.75 Å². The number of fused-ring (bicyclic) bond motifs is 3. The molecule has 0 radical (unpaired) electrons. The summed E-state index contributed by atoms with van der Waals surface area (Å²) < 4.78 is 13.1. The van der Waals surface area contributed by atoms with Gasteiger partial charge in [-0.05, 0) is 84.2 Å². The second kappa shape index (κ2) is 14.5. The Kier molecular flexibility index (Phi) is 9.96. The number of hydrogen-bond donors (Lipinski definition) is 1. The van der Waals surface area contributed by atoms with Crippen LogP contribution in [0.4, 0.5) is 0 Å². The van der Waals surface area contributed by atoms with E-state index >= 15 is 0 Å². The first-order valence-electron chi connectivity index (χ1n) is 17.1. The first kappa shape index (κ1) is 33.0. The predicted molar refractivity (Wildman–Crippen MR) is 190 cm³/mol. The fraction of sp³-hybridized carbons (Fsp3) is 0.400. The summed E-state index contributed by atoms with van der Waals surface area (Å²) in [4.78, 5) is 32.3. The van der Waals surface area contributed by atoms with Gasteiger partial charge in [0.1, 0.15) is 5.75 Å². The highest BCUT2D eigenvalue weighted by Gasteiger charge is 2.58. The number of phenolic OH excluding ortho intramolecular Hbond substituents is 1. The van der Waals surface area contributed by atoms with Crippen LogP contribution in [0.15, 0.2) is 94.5 Å². The van der Waals surface area contributed by atoms with Crippen molar-refractivity contribution in [2.24, 2.45) is 17.8 Å². The first-order chi connectivity index (χ1) is 23.4. The number of allylic oxidation sites excluding steroid dienone is 1. The molecular weight excluding hydrogens is 668 g/mol. The van der Waals surface area contributed by atoms with Crippen LogP contribution in [0, 0.1) is 17.8 Å². The van der Waals surface area contributed by atoms with E-state index in [9.17, 15) is 14.7 Å². The van der Waals surface area contributed by atoms with Gasteiger partial charge in [-0.1, -0.05) is 76.6 Å². The van der Waals surface area contributed by atoms with Crippen molar-refractivity contribution in [3.05, 3.63) is 111 Å². The number of ether oxygens (including phenoxy) is 2. The van der Waals surface area contributed by atoms with Gasteiger partial charge >= 0.3 is 0 Å². The van der Waals surface area contributed by atoms with Crippen LogP contribution < -0.4 is 0 Å². The number of likely N-dealkylation sites (tertiary alicyclic amines) is 2. The maximum absolute atomic E-state index is 14.2. The van der Waals surface area contributed by atoms with E-state index < -0.39 is 0 Å². The highest BCUT2D eigenvalue weighted by Crippen LogP contribution is 2.51. The molecule has 3 aromatic carbocycles. The zero-order chi connectivity index (χ0) is 33.2. The molecule has 3 heterocycles. The second-order valence-corrected chi connectivity index (χ2v) is 14.5. The molecule has 1 N–H and O–H groups in total. The molecule has 0 spiro atoms. The molecule has 0 bridgehead atoms. The normalized spacial score (nSPS) is 25.1. The van der Waals surface area contributed by atoms with E-state index in [1.807, 2.05) is 42.5 Å². The van der Waals surface area contributed by atoms with Crippen LogP contribution in [-0.2, 0) is 25.6 Å². The third-order valence-corrected chi connectivity index (χ3v) is 11.2. The molecule has 3 fully saturated rings. The number of halogens is 1. The fourth-order valence-corrected chi connectivity index (χ4v) is 8.79. The molecule has 7 rings (SSSR count). The van der Waals surface area contributed by atoms with Crippen molar-refractivity contribution in [3.63, 3.8) is 0 Å². The van der Waals surface area contributed by atoms with Crippen molar-refractivity contribution in [1.82, 2.24) is 9.80 Å². The summed E-state index contributed by atoms with van der Waals surface area (Å²) in [5, 5.41) is 10.6. The van der Waals surface area contributed by atoms with Gasteiger partial charge < -0.3 is 14.6 Å². The van der Waals surface area contributed by atoms with Crippen LogP contribution in [0.2, 0.25) is 0 Å². The number of piperidine rings is 1. The summed E-state index contributed by atoms with van der Waals surface area (Å²) in [6.45, 7) is 3.50. The van der Waals surface area contributed by atoms with Crippen LogP contribution in [0.5, 0.6) is 5.75 Å². The van der Waals surface area contributed by atoms with Gasteiger partial charge in [0.05, 0.1) is 31.2 Å². The van der Waals surface area contributed by atoms with Crippen LogP contribution in [-0.4, -0.2) is 72.3 Å². The minimum atomic E-state index is -0.372. The third kappa shape index (κ3) is 6.68. The fourth-order valence-electron chi connectivity index (χ4n) is 8.41. The molecule has 1 aliphatic carbocycles. The number of amides is 2. The molecule has 3 aromatic rings. The van der Waals surface area contributed by atoms with Gasteiger partial charge in [-0.25, -0.2) is 0 Å². The monoisotopic (exact) mass is 710 g/mol. The molecule has 4 aliphatic rings. The lowest BCUT2D eigenvalue weighted by atomic mass is 9.69. The highest BCUT2D eigenvalue weighted by atomic mass is 79.9. The molecule has 3 saturated heterocycles. The van der Waals surface area contributed by atoms with Crippen LogP contribution in [0.25, 0.3) is 11.6 Å². The topological polar surface area (TPSA) is 79.3 Å². The predicted octanol–water partition coefficient (Wildman–Crippen LogP) is 7.10. The zero-order valence-electron chi connectivity index (χ0n) is 27.4. The van der Waals surface area contributed by atoms with Gasteiger partial charge in [0.15, 0.2) is 0 Å². The number of carbonyl (C=O) groups excluding carboxylic acids is 2. The number of methoxy groups -OCH3 is 1. The smallest absolute Gasteiger partial charge is 0.234 e. The minimum Gasteiger partial charge on any atom is -0.507 e. The van der Waals surface area contributed by atoms with E-state index in [-0.39, 0.29) is 47.5 Å². The number of aromatic hydroxyl groups is 1. The van der Waals surface area contributed by atoms with Crippen LogP contribution in [0.1, 0.15) is 48.8 Å². The number of rotatable bonds is 10. The van der Waals surface area contributed by atoms with Crippen molar-refractivity contribution in [1.29, 1.82) is 0 Å². The lowest BCUT2D eigenvalue weighted by Gasteiger charge is -2.36. The Balaban J connectivity index is 1.08. The average Bonchev–Trinajstić information content (AvgIpc) is 3.64. The van der Waals surface area contributed by atoms with Gasteiger partial charge in [-0.15, -0.1) is 0 Å². The van der Waals surface area contributed by atoms with Crippen molar-refractivity contribution < 1.29 is 24.2 Å². The number of imide groups is 1. The Hall–Kier alpha value is -3.56. The summed E-state index contributed by atoms with van der Waals surface area (Å²) in [5.74, 6) is -0.626. The molecule has 4 atom stereocenters. The Morgan fingerprint density at radius 2 is 1.71 bits per heavy atom. The molecular formula is C40H43BrN2O5. The van der Waals surface area contributed by atoms with Crippen molar-refractivity contribution >= 4 is 39.4 Å². The molecule has 0 aromatic heterocycles. The average molecular weight is 712 g/mol. The number of benzene rings is 3. The Morgan fingerprint density at radius 1 is 0.979 bits per heavy atom. The summed E-state index contributed by atoms with van der Waals surface area (Å²) in [6, 6.07) is 26.1. The number of nitrogens with zero attached hydrogens (tertiary/aromatic N) is 2. The molecule has 2 amide bonds. The molecule has 8 heteroatoms. The van der Waals surface area contributed by atoms with E-state index in [2.05, 4.69) is 57.2 Å². The van der Waals surface area contributed by atoms with E-state index in [4.69, 9.17) is 9.47 Å². The van der Waals surface area contributed by atoms with Crippen molar-refractivity contribution in [2.45, 2.75) is 50.8 Å². The highest BCUT2D eigenvalue weighted by molar-refractivity contribution is 9.10. The minimum absolute atomic E-state index is 0.00857. The summed E-state index contributed by atoms with van der Waals surface area (Å²) in [7, 11) is 1.69. The third-order valence-electron chi connectivity index (χ3n) is 10.7. The number of phenols is 1. The van der Waals surface area contributed by atoms with Gasteiger partial charge in [0.25, 0.3) is 0 Å². The summed E-state index contributed by atoms with van der Waals surface area (Å²) in [5.41, 5.74) is 6.49. The Bertz CT molecular complexity index is 1700. The largest absolute Gasteiger partial charge is 0.507 e. The zero-order valence-corrected chi connectivity index (χ0v) is 29.0. The molecule has 0 unspecified atom stereocenters. The number of carbonyl (C=O) groups is 2. The standard InChI is InChI=1S/C40H43BrN2O5/c1-47-24-30-22-33-38(40(46)43(39(33)45)32-16-18-42(19-17-32)23-26-8-4-2-5-9-26)34-25-48-36(37(30)34)15-12-28(27-10-6-3-7-11-27)20-29-21-31(41)13-14-35(29)44/h2-11,13-14,20-21,32-34,36,38,44H,12,15-19,22-25H2,1H3/b28-20-/t33-,34+,36-,38-/m1/s1. The lowest BCUT2D eigenvalue weighted by molar-refractivity contribution is -0.144.